The minimum atomic E-state index is -0.121. The topological polar surface area (TPSA) is 118 Å². The highest BCUT2D eigenvalue weighted by atomic mass is 32.1. The maximum atomic E-state index is 12.3. The van der Waals surface area contributed by atoms with Crippen LogP contribution < -0.4 is 16.0 Å². The van der Waals surface area contributed by atoms with Crippen LogP contribution in [0.1, 0.15) is 41.6 Å². The van der Waals surface area contributed by atoms with Gasteiger partial charge < -0.3 is 16.0 Å². The van der Waals surface area contributed by atoms with Gasteiger partial charge in [-0.3, -0.25) is 9.78 Å². The molecule has 0 unspecified atom stereocenters. The van der Waals surface area contributed by atoms with E-state index in [0.717, 1.165) is 33.5 Å². The van der Waals surface area contributed by atoms with Crippen LogP contribution in [0.4, 0.5) is 11.8 Å². The van der Waals surface area contributed by atoms with Gasteiger partial charge in [-0.2, -0.15) is 13.5 Å². The van der Waals surface area contributed by atoms with Crippen LogP contribution in [0.25, 0.3) is 22.2 Å². The highest BCUT2D eigenvalue weighted by molar-refractivity contribution is 7.59. The van der Waals surface area contributed by atoms with E-state index in [-0.39, 0.29) is 25.3 Å². The average molecular weight is 489 g/mol. The first-order valence-electron chi connectivity index (χ1n) is 11.4. The Morgan fingerprint density at radius 1 is 1.09 bits per heavy atom. The molecule has 4 aromatic rings. The molecule has 5 rings (SSSR count). The fraction of sp³-hybridized carbons (Fsp3) is 0.280. The molecule has 3 aromatic heterocycles. The Labute approximate surface area is 210 Å². The van der Waals surface area contributed by atoms with E-state index in [1.165, 1.54) is 19.2 Å². The molecule has 3 N–H and O–H groups in total. The lowest BCUT2D eigenvalue weighted by Crippen LogP contribution is -2.18. The van der Waals surface area contributed by atoms with Crippen LogP contribution in [0.2, 0.25) is 0 Å². The Morgan fingerprint density at radius 3 is 2.63 bits per heavy atom. The Bertz CT molecular complexity index is 1330. The number of amides is 1. The van der Waals surface area contributed by atoms with Gasteiger partial charge in [0.05, 0.1) is 16.8 Å². The molecule has 1 amide bonds. The van der Waals surface area contributed by atoms with Crippen molar-refractivity contribution in [2.24, 2.45) is 0 Å². The van der Waals surface area contributed by atoms with Crippen molar-refractivity contribution >= 4 is 42.1 Å². The van der Waals surface area contributed by atoms with Crippen molar-refractivity contribution in [1.29, 1.82) is 0 Å². The summed E-state index contributed by atoms with van der Waals surface area (Å²) in [5, 5.41) is 10.2. The quantitative estimate of drug-likeness (QED) is 0.343. The van der Waals surface area contributed by atoms with E-state index in [2.05, 4.69) is 53.9 Å². The fourth-order valence-electron chi connectivity index (χ4n) is 3.85. The standard InChI is InChI=1S/C25H26N8O.H2S/c1-15(18-4-3-5-19-20(24(34)26-2)8-9-27-23(18)19)11-28-22-10-21(31-14-32-22)16-12-29-25(30-13-16)33-17-6-7-17;/h3-5,8-10,12-15,17H,6-7,11H2,1-2H3,(H,26,34)(H,28,31,32)(H,29,30,33);1H2/t15-;/m1./s1. The monoisotopic (exact) mass is 488 g/mol. The first kappa shape index (κ1) is 24.3. The first-order valence-corrected chi connectivity index (χ1v) is 11.4. The predicted molar refractivity (Wildman–Crippen MR) is 142 cm³/mol. The molecule has 1 atom stereocenters. The molecule has 0 radical (unpaired) electrons. The van der Waals surface area contributed by atoms with E-state index >= 15 is 0 Å². The van der Waals surface area contributed by atoms with Crippen LogP contribution >= 0.6 is 13.5 Å². The lowest BCUT2D eigenvalue weighted by atomic mass is 9.96. The van der Waals surface area contributed by atoms with Crippen LogP contribution in [-0.2, 0) is 0 Å². The largest absolute Gasteiger partial charge is 0.369 e. The SMILES string of the molecule is CNC(=O)c1ccnc2c([C@H](C)CNc3cc(-c4cnc(NC5CC5)nc4)ncn3)cccc12.S. The minimum Gasteiger partial charge on any atom is -0.369 e. The van der Waals surface area contributed by atoms with Crippen molar-refractivity contribution in [2.45, 2.75) is 31.7 Å². The molecule has 180 valence electrons. The van der Waals surface area contributed by atoms with Gasteiger partial charge in [-0.05, 0) is 24.5 Å². The van der Waals surface area contributed by atoms with Crippen LogP contribution in [0, 0.1) is 0 Å². The number of rotatable bonds is 8. The molecule has 10 heteroatoms. The molecular formula is C25H28N8OS. The van der Waals surface area contributed by atoms with Crippen LogP contribution in [-0.4, -0.2) is 50.5 Å². The van der Waals surface area contributed by atoms with Crippen molar-refractivity contribution in [3.05, 3.63) is 66.4 Å². The molecule has 0 aliphatic heterocycles. The molecule has 1 saturated carbocycles. The zero-order valence-electron chi connectivity index (χ0n) is 19.6. The molecule has 0 saturated heterocycles. The van der Waals surface area contributed by atoms with E-state index in [0.29, 0.717) is 24.1 Å². The average Bonchev–Trinajstić information content (AvgIpc) is 3.70. The number of fused-ring (bicyclic) bond motifs is 1. The van der Waals surface area contributed by atoms with Gasteiger partial charge in [-0.1, -0.05) is 25.1 Å². The number of nitrogens with zero attached hydrogens (tertiary/aromatic N) is 5. The number of nitrogens with one attached hydrogen (secondary N) is 3. The molecule has 1 fully saturated rings. The number of para-hydroxylation sites is 1. The number of pyridine rings is 1. The summed E-state index contributed by atoms with van der Waals surface area (Å²) < 4.78 is 0. The summed E-state index contributed by atoms with van der Waals surface area (Å²) in [7, 11) is 1.63. The molecular weight excluding hydrogens is 460 g/mol. The summed E-state index contributed by atoms with van der Waals surface area (Å²) in [4.78, 5) is 34.3. The van der Waals surface area contributed by atoms with Crippen LogP contribution in [0.5, 0.6) is 0 Å². The number of anilines is 2. The van der Waals surface area contributed by atoms with Crippen molar-refractivity contribution in [3.8, 4) is 11.3 Å². The molecule has 9 nitrogen and oxygen atoms in total. The summed E-state index contributed by atoms with van der Waals surface area (Å²) in [6.45, 7) is 2.76. The second-order valence-corrected chi connectivity index (χ2v) is 8.47. The lowest BCUT2D eigenvalue weighted by molar-refractivity contribution is 0.0964. The number of benzene rings is 1. The van der Waals surface area contributed by atoms with E-state index in [4.69, 9.17) is 0 Å². The van der Waals surface area contributed by atoms with Crippen LogP contribution in [0.15, 0.2) is 55.2 Å². The van der Waals surface area contributed by atoms with Gasteiger partial charge in [-0.15, -0.1) is 0 Å². The summed E-state index contributed by atoms with van der Waals surface area (Å²) >= 11 is 0. The third-order valence-electron chi connectivity index (χ3n) is 5.92. The molecule has 1 aromatic carbocycles. The van der Waals surface area contributed by atoms with Crippen molar-refractivity contribution in [2.75, 3.05) is 24.2 Å². The Hall–Kier alpha value is -3.79. The molecule has 35 heavy (non-hydrogen) atoms. The number of carbonyl (C=O) groups excluding carboxylic acids is 1. The predicted octanol–water partition coefficient (Wildman–Crippen LogP) is 3.74. The maximum absolute atomic E-state index is 12.3. The van der Waals surface area contributed by atoms with Crippen molar-refractivity contribution in [3.63, 3.8) is 0 Å². The fourth-order valence-corrected chi connectivity index (χ4v) is 3.85. The summed E-state index contributed by atoms with van der Waals surface area (Å²) in [6.07, 6.45) is 9.12. The van der Waals surface area contributed by atoms with Gasteiger partial charge in [0.25, 0.3) is 5.91 Å². The van der Waals surface area contributed by atoms with Gasteiger partial charge in [-0.25, -0.2) is 19.9 Å². The Balaban J connectivity index is 0.00000289. The zero-order chi connectivity index (χ0) is 23.5. The zero-order valence-corrected chi connectivity index (χ0v) is 20.6. The minimum absolute atomic E-state index is 0. The second-order valence-electron chi connectivity index (χ2n) is 8.47. The lowest BCUT2D eigenvalue weighted by Gasteiger charge is -2.16. The summed E-state index contributed by atoms with van der Waals surface area (Å²) in [5.74, 6) is 1.38. The normalized spacial score (nSPS) is 13.5. The van der Waals surface area contributed by atoms with Crippen LogP contribution in [0.3, 0.4) is 0 Å². The number of hydrogen-bond acceptors (Lipinski definition) is 8. The van der Waals surface area contributed by atoms with E-state index in [1.807, 2.05) is 18.2 Å². The number of hydrogen-bond donors (Lipinski definition) is 3. The van der Waals surface area contributed by atoms with E-state index in [9.17, 15) is 4.79 Å². The van der Waals surface area contributed by atoms with Gasteiger partial charge in [0.15, 0.2) is 0 Å². The third-order valence-corrected chi connectivity index (χ3v) is 5.92. The molecule has 1 aliphatic rings. The molecule has 3 heterocycles. The molecule has 0 bridgehead atoms. The summed E-state index contributed by atoms with van der Waals surface area (Å²) in [6, 6.07) is 10.1. The van der Waals surface area contributed by atoms with Crippen molar-refractivity contribution < 1.29 is 4.79 Å². The van der Waals surface area contributed by atoms with E-state index < -0.39 is 0 Å². The number of carbonyl (C=O) groups is 1. The second kappa shape index (κ2) is 10.6. The molecule has 0 spiro atoms. The van der Waals surface area contributed by atoms with Crippen molar-refractivity contribution in [1.82, 2.24) is 30.2 Å². The van der Waals surface area contributed by atoms with Gasteiger partial charge in [0, 0.05) is 61.2 Å². The van der Waals surface area contributed by atoms with E-state index in [1.54, 1.807) is 31.7 Å². The summed E-state index contributed by atoms with van der Waals surface area (Å²) in [5.41, 5.74) is 4.11. The third kappa shape index (κ3) is 5.48. The highest BCUT2D eigenvalue weighted by Gasteiger charge is 2.21. The van der Waals surface area contributed by atoms with Gasteiger partial charge in [0.1, 0.15) is 12.1 Å². The first-order chi connectivity index (χ1) is 16.6. The van der Waals surface area contributed by atoms with Gasteiger partial charge >= 0.3 is 0 Å². The van der Waals surface area contributed by atoms with Gasteiger partial charge in [0.2, 0.25) is 5.95 Å². The Kier molecular flexibility index (Phi) is 7.40. The smallest absolute Gasteiger partial charge is 0.251 e. The molecule has 1 aliphatic carbocycles. The number of aromatic nitrogens is 5. The Morgan fingerprint density at radius 2 is 1.89 bits per heavy atom. The maximum Gasteiger partial charge on any atom is 0.251 e. The highest BCUT2D eigenvalue weighted by Crippen LogP contribution is 2.27.